The molecule has 3 aromatic carbocycles. The van der Waals surface area contributed by atoms with Crippen molar-refractivity contribution in [3.63, 3.8) is 0 Å². The van der Waals surface area contributed by atoms with Crippen LogP contribution >= 0.6 is 0 Å². The highest BCUT2D eigenvalue weighted by Gasteiger charge is 2.43. The lowest BCUT2D eigenvalue weighted by molar-refractivity contribution is -0.138. The van der Waals surface area contributed by atoms with Gasteiger partial charge < -0.3 is 15.2 Å². The van der Waals surface area contributed by atoms with Gasteiger partial charge in [-0.05, 0) is 65.3 Å². The topological polar surface area (TPSA) is 105 Å². The maximum absolute atomic E-state index is 12.6. The molecule has 0 spiro atoms. The van der Waals surface area contributed by atoms with E-state index in [0.717, 1.165) is 16.7 Å². The fourth-order valence-corrected chi connectivity index (χ4v) is 4.79. The lowest BCUT2D eigenvalue weighted by Crippen LogP contribution is -2.26. The van der Waals surface area contributed by atoms with Crippen molar-refractivity contribution in [2.24, 2.45) is 11.8 Å². The van der Waals surface area contributed by atoms with E-state index < -0.39 is 12.1 Å². The van der Waals surface area contributed by atoms with Crippen molar-refractivity contribution in [3.8, 4) is 11.1 Å². The molecule has 7 heteroatoms. The van der Waals surface area contributed by atoms with Gasteiger partial charge in [0.15, 0.2) is 0 Å². The number of rotatable bonds is 7. The highest BCUT2D eigenvalue weighted by molar-refractivity contribution is 5.95. The lowest BCUT2D eigenvalue weighted by atomic mass is 9.98. The molecule has 178 valence electrons. The molecule has 0 heterocycles. The van der Waals surface area contributed by atoms with E-state index in [1.807, 2.05) is 24.3 Å². The summed E-state index contributed by atoms with van der Waals surface area (Å²) >= 11 is 0. The molecule has 1 fully saturated rings. The van der Waals surface area contributed by atoms with Crippen LogP contribution in [0.25, 0.3) is 11.1 Å². The molecular weight excluding hydrogens is 444 g/mol. The van der Waals surface area contributed by atoms with Crippen molar-refractivity contribution in [3.05, 3.63) is 89.0 Å². The number of aryl methyl sites for hydroxylation is 1. The second-order valence-electron chi connectivity index (χ2n) is 9.13. The molecule has 3 N–H and O–H groups in total. The number of benzene rings is 3. The summed E-state index contributed by atoms with van der Waals surface area (Å²) in [6.07, 6.45) is 0.0399. The van der Waals surface area contributed by atoms with Crippen LogP contribution < -0.4 is 10.6 Å². The number of ether oxygens (including phenoxy) is 1. The Kier molecular flexibility index (Phi) is 5.99. The van der Waals surface area contributed by atoms with Crippen LogP contribution in [0.5, 0.6) is 0 Å². The Hall–Kier alpha value is -4.13. The molecule has 2 aliphatic carbocycles. The Morgan fingerprint density at radius 2 is 1.63 bits per heavy atom. The van der Waals surface area contributed by atoms with E-state index in [1.165, 1.54) is 11.1 Å². The molecule has 2 atom stereocenters. The van der Waals surface area contributed by atoms with Crippen molar-refractivity contribution in [1.82, 2.24) is 5.32 Å². The first kappa shape index (κ1) is 22.7. The molecule has 3 aromatic rings. The van der Waals surface area contributed by atoms with Crippen molar-refractivity contribution < 1.29 is 24.2 Å². The second kappa shape index (κ2) is 9.25. The third-order valence-electron chi connectivity index (χ3n) is 6.83. The van der Waals surface area contributed by atoms with Crippen molar-refractivity contribution in [2.75, 3.05) is 18.5 Å². The number of hydrogen-bond acceptors (Lipinski definition) is 4. The number of carboxylic acids is 1. The van der Waals surface area contributed by atoms with Gasteiger partial charge in [0, 0.05) is 23.7 Å². The Morgan fingerprint density at radius 1 is 0.971 bits per heavy atom. The summed E-state index contributed by atoms with van der Waals surface area (Å²) in [6, 6.07) is 21.3. The summed E-state index contributed by atoms with van der Waals surface area (Å²) in [7, 11) is 0. The number of nitrogens with one attached hydrogen (secondary N) is 2. The average Bonchev–Trinajstić information content (AvgIpc) is 3.58. The number of aliphatic carboxylic acids is 1. The van der Waals surface area contributed by atoms with Crippen LogP contribution in [-0.4, -0.2) is 36.2 Å². The molecule has 0 saturated heterocycles. The largest absolute Gasteiger partial charge is 0.481 e. The first-order valence-electron chi connectivity index (χ1n) is 11.7. The van der Waals surface area contributed by atoms with Crippen LogP contribution in [0, 0.1) is 18.8 Å². The number of carbonyl (C=O) groups is 3. The zero-order valence-electron chi connectivity index (χ0n) is 19.3. The minimum atomic E-state index is -0.816. The van der Waals surface area contributed by atoms with E-state index in [9.17, 15) is 14.4 Å². The van der Waals surface area contributed by atoms with Gasteiger partial charge in [-0.1, -0.05) is 48.5 Å². The number of hydrogen-bond donors (Lipinski definition) is 3. The van der Waals surface area contributed by atoms with Gasteiger partial charge in [-0.15, -0.1) is 0 Å². The minimum Gasteiger partial charge on any atom is -0.481 e. The van der Waals surface area contributed by atoms with Gasteiger partial charge in [0.1, 0.15) is 6.61 Å². The molecule has 5 rings (SSSR count). The number of carboxylic acid groups (broad SMARTS) is 1. The van der Waals surface area contributed by atoms with Gasteiger partial charge in [0.25, 0.3) is 5.91 Å². The fourth-order valence-electron chi connectivity index (χ4n) is 4.79. The molecule has 7 nitrogen and oxygen atoms in total. The molecule has 0 radical (unpaired) electrons. The molecule has 35 heavy (non-hydrogen) atoms. The van der Waals surface area contributed by atoms with Gasteiger partial charge in [0.2, 0.25) is 0 Å². The van der Waals surface area contributed by atoms with Gasteiger partial charge in [-0.3, -0.25) is 14.9 Å². The Labute approximate surface area is 203 Å². The minimum absolute atomic E-state index is 0.00736. The molecule has 0 aromatic heterocycles. The number of amides is 2. The summed E-state index contributed by atoms with van der Waals surface area (Å²) in [6.45, 7) is 2.36. The molecule has 1 saturated carbocycles. The second-order valence-corrected chi connectivity index (χ2v) is 9.13. The quantitative estimate of drug-likeness (QED) is 0.460. The molecule has 2 amide bonds. The maximum Gasteiger partial charge on any atom is 0.411 e. The predicted octanol–water partition coefficient (Wildman–Crippen LogP) is 4.81. The number of anilines is 1. The van der Waals surface area contributed by atoms with Crippen LogP contribution in [0.2, 0.25) is 0 Å². The van der Waals surface area contributed by atoms with Gasteiger partial charge in [-0.2, -0.15) is 0 Å². The molecular formula is C28H26N2O5. The van der Waals surface area contributed by atoms with E-state index in [4.69, 9.17) is 9.84 Å². The van der Waals surface area contributed by atoms with E-state index in [2.05, 4.69) is 34.9 Å². The van der Waals surface area contributed by atoms with Gasteiger partial charge >= 0.3 is 12.1 Å². The number of fused-ring (bicyclic) bond motifs is 3. The predicted molar refractivity (Wildman–Crippen MR) is 131 cm³/mol. The van der Waals surface area contributed by atoms with Gasteiger partial charge in [-0.25, -0.2) is 4.79 Å². The Bertz CT molecular complexity index is 1270. The molecule has 0 unspecified atom stereocenters. The first-order chi connectivity index (χ1) is 16.9. The third-order valence-corrected chi connectivity index (χ3v) is 6.83. The van der Waals surface area contributed by atoms with Crippen molar-refractivity contribution >= 4 is 23.7 Å². The zero-order valence-corrected chi connectivity index (χ0v) is 19.3. The van der Waals surface area contributed by atoms with E-state index in [0.29, 0.717) is 24.2 Å². The Balaban J connectivity index is 1.18. The fraction of sp³-hybridized carbons (Fsp3) is 0.250. The van der Waals surface area contributed by atoms with Crippen LogP contribution in [0.3, 0.4) is 0 Å². The standard InChI is InChI=1S/C28H26N2O5/c1-16-12-17(26(31)29-14-18-13-23(18)27(32)33)10-11-25(16)30-28(34)35-15-24-21-8-4-2-6-19(21)20-7-3-5-9-22(20)24/h2-12,18,23-24H,13-15H2,1H3,(H,29,31)(H,30,34)(H,32,33)/t18-,23-/m0/s1. The van der Waals surface area contributed by atoms with Crippen LogP contribution in [0.15, 0.2) is 66.7 Å². The van der Waals surface area contributed by atoms with Gasteiger partial charge in [0.05, 0.1) is 5.92 Å². The highest BCUT2D eigenvalue weighted by Crippen LogP contribution is 2.44. The van der Waals surface area contributed by atoms with Crippen LogP contribution in [-0.2, 0) is 9.53 Å². The monoisotopic (exact) mass is 470 g/mol. The summed E-state index contributed by atoms with van der Waals surface area (Å²) in [5.74, 6) is -1.47. The summed E-state index contributed by atoms with van der Waals surface area (Å²) in [5.41, 5.74) is 6.37. The summed E-state index contributed by atoms with van der Waals surface area (Å²) < 4.78 is 5.60. The maximum atomic E-state index is 12.6. The molecule has 0 bridgehead atoms. The smallest absolute Gasteiger partial charge is 0.411 e. The third kappa shape index (κ3) is 4.62. The van der Waals surface area contributed by atoms with Crippen molar-refractivity contribution in [1.29, 1.82) is 0 Å². The van der Waals surface area contributed by atoms with Crippen LogP contribution in [0.4, 0.5) is 10.5 Å². The van der Waals surface area contributed by atoms with Crippen LogP contribution in [0.1, 0.15) is 39.4 Å². The van der Waals surface area contributed by atoms with E-state index in [1.54, 1.807) is 25.1 Å². The molecule has 2 aliphatic rings. The normalized spacial score (nSPS) is 17.7. The zero-order chi connectivity index (χ0) is 24.5. The lowest BCUT2D eigenvalue weighted by Gasteiger charge is -2.15. The molecule has 0 aliphatic heterocycles. The average molecular weight is 471 g/mol. The summed E-state index contributed by atoms with van der Waals surface area (Å²) in [4.78, 5) is 35.9. The Morgan fingerprint density at radius 3 is 2.23 bits per heavy atom. The SMILES string of the molecule is Cc1cc(C(=O)NC[C@@H]2C[C@@H]2C(=O)O)ccc1NC(=O)OCC1c2ccccc2-c2ccccc21. The summed E-state index contributed by atoms with van der Waals surface area (Å²) in [5, 5.41) is 14.5. The van der Waals surface area contributed by atoms with E-state index in [-0.39, 0.29) is 30.3 Å². The van der Waals surface area contributed by atoms with Crippen molar-refractivity contribution in [2.45, 2.75) is 19.3 Å². The first-order valence-corrected chi connectivity index (χ1v) is 11.7. The highest BCUT2D eigenvalue weighted by atomic mass is 16.5. The number of carbonyl (C=O) groups excluding carboxylic acids is 2. The van der Waals surface area contributed by atoms with E-state index >= 15 is 0 Å².